The molecular weight excluding hydrogens is 330 g/mol. The third kappa shape index (κ3) is 3.37. The molecule has 4 rings (SSSR count). The van der Waals surface area contributed by atoms with Crippen molar-refractivity contribution in [3.63, 3.8) is 0 Å². The molecule has 0 bridgehead atoms. The summed E-state index contributed by atoms with van der Waals surface area (Å²) in [6.45, 7) is 7.90. The summed E-state index contributed by atoms with van der Waals surface area (Å²) in [5.74, 6) is 0.646. The number of piperidine rings is 1. The summed E-state index contributed by atoms with van der Waals surface area (Å²) >= 11 is 0. The smallest absolute Gasteiger partial charge is 0.263 e. The van der Waals surface area contributed by atoms with Crippen molar-refractivity contribution in [3.8, 4) is 0 Å². The second-order valence-corrected chi connectivity index (χ2v) is 8.58. The molecule has 2 aromatic rings. The number of H-pyrrole nitrogens is 1. The minimum Gasteiger partial charge on any atom is -0.375 e. The molecular formula is C19H29N5O2. The second-order valence-electron chi connectivity index (χ2n) is 8.58. The first-order chi connectivity index (χ1) is 12.4. The molecule has 2 aromatic heterocycles. The van der Waals surface area contributed by atoms with Gasteiger partial charge in [-0.3, -0.25) is 9.78 Å². The molecule has 2 aliphatic rings. The summed E-state index contributed by atoms with van der Waals surface area (Å²) in [5.41, 5.74) is 0.312. The minimum absolute atomic E-state index is 0.121. The van der Waals surface area contributed by atoms with E-state index >= 15 is 0 Å². The van der Waals surface area contributed by atoms with E-state index in [9.17, 15) is 4.79 Å². The predicted molar refractivity (Wildman–Crippen MR) is 102 cm³/mol. The van der Waals surface area contributed by atoms with Gasteiger partial charge in [0.15, 0.2) is 5.65 Å². The van der Waals surface area contributed by atoms with Gasteiger partial charge in [-0.05, 0) is 46.5 Å². The Kier molecular flexibility index (Phi) is 4.50. The lowest BCUT2D eigenvalue weighted by Gasteiger charge is -2.33. The lowest BCUT2D eigenvalue weighted by Crippen LogP contribution is -2.39. The second kappa shape index (κ2) is 6.68. The largest absolute Gasteiger partial charge is 0.375 e. The number of nitrogens with one attached hydrogen (secondary N) is 1. The molecule has 142 valence electrons. The maximum absolute atomic E-state index is 12.5. The fraction of sp³-hybridized carbons (Fsp3) is 0.737. The zero-order chi connectivity index (χ0) is 18.3. The van der Waals surface area contributed by atoms with Crippen molar-refractivity contribution in [2.45, 2.75) is 77.0 Å². The van der Waals surface area contributed by atoms with Crippen LogP contribution in [0.25, 0.3) is 11.0 Å². The number of ether oxygens (including phenoxy) is 1. The fourth-order valence-corrected chi connectivity index (χ4v) is 4.05. The molecule has 26 heavy (non-hydrogen) atoms. The lowest BCUT2D eigenvalue weighted by molar-refractivity contribution is -0.0195. The quantitative estimate of drug-likeness (QED) is 0.912. The summed E-state index contributed by atoms with van der Waals surface area (Å²) in [7, 11) is 0. The van der Waals surface area contributed by atoms with Crippen LogP contribution in [0.3, 0.4) is 0 Å². The van der Waals surface area contributed by atoms with Gasteiger partial charge in [0.1, 0.15) is 5.39 Å². The van der Waals surface area contributed by atoms with Gasteiger partial charge in [0.25, 0.3) is 5.56 Å². The monoisotopic (exact) mass is 359 g/mol. The molecule has 0 spiro atoms. The van der Waals surface area contributed by atoms with Crippen molar-refractivity contribution in [1.29, 1.82) is 0 Å². The van der Waals surface area contributed by atoms with E-state index in [1.165, 1.54) is 25.7 Å². The van der Waals surface area contributed by atoms with Crippen LogP contribution in [0, 0.1) is 0 Å². The Bertz CT molecular complexity index is 821. The normalized spacial score (nSPS) is 20.3. The average Bonchev–Trinajstić information content (AvgIpc) is 3.24. The summed E-state index contributed by atoms with van der Waals surface area (Å²) in [6.07, 6.45) is 9.40. The molecule has 7 nitrogen and oxygen atoms in total. The molecule has 1 N–H and O–H groups in total. The van der Waals surface area contributed by atoms with Gasteiger partial charge < -0.3 is 9.64 Å². The first-order valence-corrected chi connectivity index (χ1v) is 9.81. The molecule has 0 atom stereocenters. The highest BCUT2D eigenvalue weighted by atomic mass is 16.5. The summed E-state index contributed by atoms with van der Waals surface area (Å²) in [4.78, 5) is 22.3. The zero-order valence-corrected chi connectivity index (χ0v) is 16.0. The Morgan fingerprint density at radius 1 is 1.12 bits per heavy atom. The topological polar surface area (TPSA) is 76.0 Å². The Morgan fingerprint density at radius 2 is 1.77 bits per heavy atom. The van der Waals surface area contributed by atoms with Crippen LogP contribution >= 0.6 is 0 Å². The highest BCUT2D eigenvalue weighted by Gasteiger charge is 2.27. The number of hydrogen-bond donors (Lipinski definition) is 1. The minimum atomic E-state index is -0.220. The van der Waals surface area contributed by atoms with Gasteiger partial charge in [-0.2, -0.15) is 10.1 Å². The standard InChI is InChI=1S/C19H29N5O2/c1-19(2,3)24-16-15(12-20-24)17(25)22-18(21-16)23-10-8-14(9-11-23)26-13-6-4-5-7-13/h12-14H,4-11H2,1-3H3,(H,21,22,25). The van der Waals surface area contributed by atoms with Gasteiger partial charge in [0.05, 0.1) is 23.9 Å². The molecule has 1 saturated heterocycles. The van der Waals surface area contributed by atoms with E-state index < -0.39 is 0 Å². The number of aromatic nitrogens is 4. The highest BCUT2D eigenvalue weighted by molar-refractivity contribution is 5.74. The third-order valence-corrected chi connectivity index (χ3v) is 5.49. The molecule has 0 amide bonds. The van der Waals surface area contributed by atoms with Crippen LogP contribution in [0.2, 0.25) is 0 Å². The molecule has 2 fully saturated rings. The van der Waals surface area contributed by atoms with E-state index in [0.717, 1.165) is 25.9 Å². The van der Waals surface area contributed by atoms with Gasteiger partial charge in [-0.25, -0.2) is 4.68 Å². The van der Waals surface area contributed by atoms with E-state index in [4.69, 9.17) is 9.72 Å². The summed E-state index contributed by atoms with van der Waals surface area (Å²) in [6, 6.07) is 0. The first-order valence-electron chi connectivity index (χ1n) is 9.81. The van der Waals surface area contributed by atoms with E-state index in [0.29, 0.717) is 29.2 Å². The van der Waals surface area contributed by atoms with Crippen molar-refractivity contribution in [2.24, 2.45) is 0 Å². The zero-order valence-electron chi connectivity index (χ0n) is 16.0. The average molecular weight is 359 g/mol. The third-order valence-electron chi connectivity index (χ3n) is 5.49. The van der Waals surface area contributed by atoms with E-state index in [2.05, 4.69) is 35.8 Å². The Hall–Kier alpha value is -1.89. The Balaban J connectivity index is 1.51. The number of anilines is 1. The first kappa shape index (κ1) is 17.5. The van der Waals surface area contributed by atoms with Gasteiger partial charge >= 0.3 is 0 Å². The van der Waals surface area contributed by atoms with Gasteiger partial charge in [-0.1, -0.05) is 12.8 Å². The number of hydrogen-bond acceptors (Lipinski definition) is 5. The van der Waals surface area contributed by atoms with Crippen LogP contribution in [0.5, 0.6) is 0 Å². The number of aromatic amines is 1. The van der Waals surface area contributed by atoms with E-state index in [-0.39, 0.29) is 11.1 Å². The van der Waals surface area contributed by atoms with Gasteiger partial charge in [0, 0.05) is 13.1 Å². The molecule has 3 heterocycles. The molecule has 1 saturated carbocycles. The SMILES string of the molecule is CC(C)(C)n1ncc2c(=O)[nH]c(N3CCC(OC4CCCC4)CC3)nc21. The predicted octanol–water partition coefficient (Wildman–Crippen LogP) is 2.80. The van der Waals surface area contributed by atoms with Crippen LogP contribution in [-0.4, -0.2) is 45.0 Å². The van der Waals surface area contributed by atoms with E-state index in [1.54, 1.807) is 6.20 Å². The van der Waals surface area contributed by atoms with Gasteiger partial charge in [0.2, 0.25) is 5.95 Å². The lowest BCUT2D eigenvalue weighted by atomic mass is 10.1. The van der Waals surface area contributed by atoms with Crippen molar-refractivity contribution in [2.75, 3.05) is 18.0 Å². The summed E-state index contributed by atoms with van der Waals surface area (Å²) in [5, 5.41) is 4.92. The fourth-order valence-electron chi connectivity index (χ4n) is 4.05. The molecule has 1 aliphatic carbocycles. The van der Waals surface area contributed by atoms with Crippen LogP contribution in [0.1, 0.15) is 59.3 Å². The molecule has 7 heteroatoms. The molecule has 0 radical (unpaired) electrons. The molecule has 0 unspecified atom stereocenters. The Labute approximate surface area is 153 Å². The molecule has 0 aromatic carbocycles. The van der Waals surface area contributed by atoms with Crippen LogP contribution in [0.15, 0.2) is 11.0 Å². The van der Waals surface area contributed by atoms with Crippen molar-refractivity contribution in [1.82, 2.24) is 19.7 Å². The van der Waals surface area contributed by atoms with Crippen molar-refractivity contribution < 1.29 is 4.74 Å². The Morgan fingerprint density at radius 3 is 2.42 bits per heavy atom. The van der Waals surface area contributed by atoms with Crippen LogP contribution < -0.4 is 10.5 Å². The van der Waals surface area contributed by atoms with Crippen LogP contribution in [-0.2, 0) is 10.3 Å². The van der Waals surface area contributed by atoms with Crippen molar-refractivity contribution in [3.05, 3.63) is 16.6 Å². The number of fused-ring (bicyclic) bond motifs is 1. The van der Waals surface area contributed by atoms with Crippen LogP contribution in [0.4, 0.5) is 5.95 Å². The number of rotatable bonds is 3. The van der Waals surface area contributed by atoms with Crippen molar-refractivity contribution >= 4 is 17.0 Å². The maximum atomic E-state index is 12.5. The summed E-state index contributed by atoms with van der Waals surface area (Å²) < 4.78 is 8.08. The molecule has 1 aliphatic heterocycles. The maximum Gasteiger partial charge on any atom is 0.263 e. The highest BCUT2D eigenvalue weighted by Crippen LogP contribution is 2.26. The van der Waals surface area contributed by atoms with E-state index in [1.807, 2.05) is 4.68 Å². The number of nitrogens with zero attached hydrogens (tertiary/aromatic N) is 4. The van der Waals surface area contributed by atoms with Gasteiger partial charge in [-0.15, -0.1) is 0 Å².